The van der Waals surface area contributed by atoms with Gasteiger partial charge in [-0.25, -0.2) is 4.39 Å². The van der Waals surface area contributed by atoms with Crippen molar-refractivity contribution in [3.8, 4) is 0 Å². The van der Waals surface area contributed by atoms with Crippen LogP contribution in [-0.4, -0.2) is 18.3 Å². The molecule has 118 valence electrons. The summed E-state index contributed by atoms with van der Waals surface area (Å²) in [5.41, 5.74) is 0. The monoisotopic (exact) mass is 309 g/mol. The van der Waals surface area contributed by atoms with Crippen LogP contribution in [0.25, 0.3) is 0 Å². The molecule has 0 amide bonds. The Morgan fingerprint density at radius 2 is 2.00 bits per heavy atom. The van der Waals surface area contributed by atoms with E-state index >= 15 is 0 Å². The summed E-state index contributed by atoms with van der Waals surface area (Å²) in [5, 5.41) is 3.66. The van der Waals surface area contributed by atoms with E-state index in [1.807, 2.05) is 6.07 Å². The van der Waals surface area contributed by atoms with Gasteiger partial charge < -0.3 is 5.32 Å². The van der Waals surface area contributed by atoms with E-state index in [0.717, 1.165) is 29.0 Å². The van der Waals surface area contributed by atoms with E-state index in [4.69, 9.17) is 0 Å². The van der Waals surface area contributed by atoms with Crippen LogP contribution in [-0.2, 0) is 0 Å². The summed E-state index contributed by atoms with van der Waals surface area (Å²) in [7, 11) is 0. The highest BCUT2D eigenvalue weighted by atomic mass is 32.2. The first-order valence-corrected chi connectivity index (χ1v) is 9.33. The number of halogens is 1. The third-order valence-electron chi connectivity index (χ3n) is 4.73. The summed E-state index contributed by atoms with van der Waals surface area (Å²) < 4.78 is 13.2. The Kier molecular flexibility index (Phi) is 7.05. The van der Waals surface area contributed by atoms with Gasteiger partial charge in [0.15, 0.2) is 0 Å². The van der Waals surface area contributed by atoms with Gasteiger partial charge in [-0.15, -0.1) is 11.8 Å². The zero-order chi connectivity index (χ0) is 15.1. The molecule has 0 saturated heterocycles. The van der Waals surface area contributed by atoms with Gasteiger partial charge in [0, 0.05) is 16.7 Å². The standard InChI is InChI=1S/C18H28FNS/c1-3-14-8-10-15(11-9-14)18(20-4-2)13-21-17-7-5-6-16(19)12-17/h5-7,12,14-15,18,20H,3-4,8-11,13H2,1-2H3. The smallest absolute Gasteiger partial charge is 0.124 e. The van der Waals surface area contributed by atoms with Crippen LogP contribution in [0, 0.1) is 17.7 Å². The Morgan fingerprint density at radius 3 is 2.62 bits per heavy atom. The number of nitrogens with one attached hydrogen (secondary N) is 1. The second-order valence-corrected chi connectivity index (χ2v) is 7.22. The van der Waals surface area contributed by atoms with Crippen LogP contribution in [0.1, 0.15) is 46.0 Å². The number of thioether (sulfide) groups is 1. The molecule has 1 nitrogen and oxygen atoms in total. The minimum atomic E-state index is -0.136. The molecule has 1 aromatic carbocycles. The maximum absolute atomic E-state index is 13.2. The summed E-state index contributed by atoms with van der Waals surface area (Å²) in [5.74, 6) is 2.63. The highest BCUT2D eigenvalue weighted by molar-refractivity contribution is 7.99. The van der Waals surface area contributed by atoms with Crippen molar-refractivity contribution in [3.63, 3.8) is 0 Å². The zero-order valence-electron chi connectivity index (χ0n) is 13.3. The molecule has 3 heteroatoms. The molecular formula is C18H28FNS. The Bertz CT molecular complexity index is 415. The lowest BCUT2D eigenvalue weighted by Gasteiger charge is -2.34. The van der Waals surface area contributed by atoms with E-state index in [2.05, 4.69) is 19.2 Å². The van der Waals surface area contributed by atoms with Crippen LogP contribution < -0.4 is 5.32 Å². The van der Waals surface area contributed by atoms with Gasteiger partial charge in [-0.3, -0.25) is 0 Å². The van der Waals surface area contributed by atoms with Crippen LogP contribution >= 0.6 is 11.8 Å². The highest BCUT2D eigenvalue weighted by Crippen LogP contribution is 2.34. The summed E-state index contributed by atoms with van der Waals surface area (Å²) >= 11 is 1.78. The van der Waals surface area contributed by atoms with Gasteiger partial charge in [-0.2, -0.15) is 0 Å². The Hall–Kier alpha value is -0.540. The average Bonchev–Trinajstić information content (AvgIpc) is 2.52. The minimum Gasteiger partial charge on any atom is -0.313 e. The lowest BCUT2D eigenvalue weighted by Crippen LogP contribution is -2.40. The van der Waals surface area contributed by atoms with Gasteiger partial charge in [-0.1, -0.05) is 39.2 Å². The van der Waals surface area contributed by atoms with Crippen LogP contribution in [0.2, 0.25) is 0 Å². The molecule has 1 saturated carbocycles. The summed E-state index contributed by atoms with van der Waals surface area (Å²) in [6.45, 7) is 5.51. The third kappa shape index (κ3) is 5.30. The fraction of sp³-hybridized carbons (Fsp3) is 0.667. The molecule has 1 atom stereocenters. The van der Waals surface area contributed by atoms with Crippen LogP contribution in [0.15, 0.2) is 29.2 Å². The maximum Gasteiger partial charge on any atom is 0.124 e. The molecule has 1 aliphatic carbocycles. The predicted octanol–water partition coefficient (Wildman–Crippen LogP) is 5.11. The topological polar surface area (TPSA) is 12.0 Å². The fourth-order valence-corrected chi connectivity index (χ4v) is 4.50. The summed E-state index contributed by atoms with van der Waals surface area (Å²) in [6, 6.07) is 7.51. The molecule has 0 heterocycles. The number of hydrogen-bond acceptors (Lipinski definition) is 2. The molecule has 1 aromatic rings. The maximum atomic E-state index is 13.2. The molecule has 0 radical (unpaired) electrons. The van der Waals surface area contributed by atoms with E-state index in [-0.39, 0.29) is 5.82 Å². The lowest BCUT2D eigenvalue weighted by atomic mass is 9.78. The third-order valence-corrected chi connectivity index (χ3v) is 5.84. The van der Waals surface area contributed by atoms with Crippen LogP contribution in [0.5, 0.6) is 0 Å². The number of rotatable bonds is 7. The molecule has 2 rings (SSSR count). The molecule has 1 aliphatic rings. The average molecular weight is 309 g/mol. The first-order valence-electron chi connectivity index (χ1n) is 8.34. The van der Waals surface area contributed by atoms with Gasteiger partial charge in [0.25, 0.3) is 0 Å². The van der Waals surface area contributed by atoms with Gasteiger partial charge in [0.2, 0.25) is 0 Å². The highest BCUT2D eigenvalue weighted by Gasteiger charge is 2.26. The lowest BCUT2D eigenvalue weighted by molar-refractivity contribution is 0.229. The molecular weight excluding hydrogens is 281 g/mol. The Balaban J connectivity index is 1.87. The summed E-state index contributed by atoms with van der Waals surface area (Å²) in [6.07, 6.45) is 6.79. The molecule has 0 aliphatic heterocycles. The molecule has 21 heavy (non-hydrogen) atoms. The minimum absolute atomic E-state index is 0.136. The van der Waals surface area contributed by atoms with Crippen molar-refractivity contribution in [2.75, 3.05) is 12.3 Å². The predicted molar refractivity (Wildman–Crippen MR) is 90.3 cm³/mol. The van der Waals surface area contributed by atoms with Crippen molar-refractivity contribution in [1.82, 2.24) is 5.32 Å². The Labute approximate surface area is 133 Å². The molecule has 1 N–H and O–H groups in total. The molecule has 0 aromatic heterocycles. The van der Waals surface area contributed by atoms with E-state index in [1.165, 1.54) is 38.2 Å². The molecule has 1 unspecified atom stereocenters. The van der Waals surface area contributed by atoms with Gasteiger partial charge in [0.05, 0.1) is 0 Å². The quantitative estimate of drug-likeness (QED) is 0.702. The van der Waals surface area contributed by atoms with Crippen molar-refractivity contribution < 1.29 is 4.39 Å². The summed E-state index contributed by atoms with van der Waals surface area (Å²) in [4.78, 5) is 1.04. The van der Waals surface area contributed by atoms with E-state index in [9.17, 15) is 4.39 Å². The molecule has 1 fully saturated rings. The van der Waals surface area contributed by atoms with Crippen molar-refractivity contribution in [3.05, 3.63) is 30.1 Å². The van der Waals surface area contributed by atoms with Gasteiger partial charge >= 0.3 is 0 Å². The van der Waals surface area contributed by atoms with E-state index in [1.54, 1.807) is 23.9 Å². The normalized spacial score (nSPS) is 24.0. The van der Waals surface area contributed by atoms with Crippen molar-refractivity contribution in [2.45, 2.75) is 56.9 Å². The van der Waals surface area contributed by atoms with Crippen molar-refractivity contribution in [2.24, 2.45) is 11.8 Å². The number of hydrogen-bond donors (Lipinski definition) is 1. The fourth-order valence-electron chi connectivity index (χ4n) is 3.37. The van der Waals surface area contributed by atoms with Crippen molar-refractivity contribution in [1.29, 1.82) is 0 Å². The number of benzene rings is 1. The van der Waals surface area contributed by atoms with E-state index in [0.29, 0.717) is 6.04 Å². The molecule has 0 bridgehead atoms. The van der Waals surface area contributed by atoms with Gasteiger partial charge in [0.1, 0.15) is 5.82 Å². The second kappa shape index (κ2) is 8.79. The zero-order valence-corrected chi connectivity index (χ0v) is 14.1. The molecule has 0 spiro atoms. The van der Waals surface area contributed by atoms with Crippen LogP contribution in [0.4, 0.5) is 4.39 Å². The Morgan fingerprint density at radius 1 is 1.24 bits per heavy atom. The first-order chi connectivity index (χ1) is 10.2. The largest absolute Gasteiger partial charge is 0.313 e. The van der Waals surface area contributed by atoms with Crippen LogP contribution in [0.3, 0.4) is 0 Å². The van der Waals surface area contributed by atoms with E-state index < -0.39 is 0 Å². The van der Waals surface area contributed by atoms with Crippen molar-refractivity contribution >= 4 is 11.8 Å². The first kappa shape index (κ1) is 16.8. The van der Waals surface area contributed by atoms with Gasteiger partial charge in [-0.05, 0) is 49.4 Å². The SMILES string of the molecule is CCNC(CSc1cccc(F)c1)C1CCC(CC)CC1. The second-order valence-electron chi connectivity index (χ2n) is 6.12.